The van der Waals surface area contributed by atoms with Crippen molar-refractivity contribution in [3.63, 3.8) is 0 Å². The van der Waals surface area contributed by atoms with Crippen molar-refractivity contribution in [3.8, 4) is 0 Å². The minimum absolute atomic E-state index is 0.113. The highest BCUT2D eigenvalue weighted by Gasteiger charge is 2.44. The van der Waals surface area contributed by atoms with Crippen molar-refractivity contribution in [1.82, 2.24) is 5.32 Å². The second kappa shape index (κ2) is 6.67. The molecule has 3 rings (SSSR count). The molecule has 2 atom stereocenters. The lowest BCUT2D eigenvalue weighted by molar-refractivity contribution is -0.189. The van der Waals surface area contributed by atoms with Crippen LogP contribution in [0.25, 0.3) is 0 Å². The molecule has 1 aliphatic heterocycles. The lowest BCUT2D eigenvalue weighted by Gasteiger charge is -2.39. The van der Waals surface area contributed by atoms with Gasteiger partial charge in [0.2, 0.25) is 0 Å². The quantitative estimate of drug-likeness (QED) is 0.933. The zero-order chi connectivity index (χ0) is 15.4. The summed E-state index contributed by atoms with van der Waals surface area (Å²) in [7, 11) is 0. The number of ether oxygens (including phenoxy) is 3. The van der Waals surface area contributed by atoms with Gasteiger partial charge in [-0.05, 0) is 17.9 Å². The van der Waals surface area contributed by atoms with E-state index < -0.39 is 5.79 Å². The molecule has 5 heteroatoms. The van der Waals surface area contributed by atoms with E-state index in [1.165, 1.54) is 0 Å². The van der Waals surface area contributed by atoms with Crippen LogP contribution >= 0.6 is 0 Å². The van der Waals surface area contributed by atoms with E-state index in [4.69, 9.17) is 14.2 Å². The maximum atomic E-state index is 11.9. The molecule has 5 nitrogen and oxygen atoms in total. The van der Waals surface area contributed by atoms with Gasteiger partial charge in [0.05, 0.1) is 13.2 Å². The molecule has 2 aliphatic rings. The Morgan fingerprint density at radius 2 is 2.05 bits per heavy atom. The normalized spacial score (nSPS) is 26.8. The van der Waals surface area contributed by atoms with Crippen molar-refractivity contribution in [1.29, 1.82) is 0 Å². The Kier molecular flexibility index (Phi) is 4.64. The van der Waals surface area contributed by atoms with E-state index in [1.807, 2.05) is 30.3 Å². The molecule has 1 spiro atoms. The van der Waals surface area contributed by atoms with Gasteiger partial charge < -0.3 is 19.5 Å². The Balaban J connectivity index is 1.46. The maximum absolute atomic E-state index is 11.9. The summed E-state index contributed by atoms with van der Waals surface area (Å²) in [5, 5.41) is 2.97. The molecule has 1 aromatic carbocycles. The lowest BCUT2D eigenvalue weighted by atomic mass is 9.82. The van der Waals surface area contributed by atoms with Crippen molar-refractivity contribution in [3.05, 3.63) is 35.9 Å². The Labute approximate surface area is 130 Å². The summed E-state index contributed by atoms with van der Waals surface area (Å²) < 4.78 is 16.8. The molecule has 1 saturated carbocycles. The number of benzene rings is 1. The zero-order valence-corrected chi connectivity index (χ0v) is 12.9. The molecule has 2 unspecified atom stereocenters. The minimum Gasteiger partial charge on any atom is -0.445 e. The molecule has 1 saturated heterocycles. The summed E-state index contributed by atoms with van der Waals surface area (Å²) in [5.74, 6) is -0.109. The van der Waals surface area contributed by atoms with Crippen molar-refractivity contribution in [2.24, 2.45) is 5.92 Å². The fourth-order valence-electron chi connectivity index (χ4n) is 3.28. The van der Waals surface area contributed by atoms with Crippen LogP contribution in [-0.4, -0.2) is 31.1 Å². The fraction of sp³-hybridized carbons (Fsp3) is 0.588. The topological polar surface area (TPSA) is 56.8 Å². The largest absolute Gasteiger partial charge is 0.445 e. The number of hydrogen-bond acceptors (Lipinski definition) is 4. The van der Waals surface area contributed by atoms with E-state index in [2.05, 4.69) is 12.2 Å². The van der Waals surface area contributed by atoms with Crippen molar-refractivity contribution in [2.75, 3.05) is 13.2 Å². The van der Waals surface area contributed by atoms with Gasteiger partial charge in [-0.1, -0.05) is 37.3 Å². The van der Waals surface area contributed by atoms with E-state index in [0.29, 0.717) is 25.7 Å². The molecule has 120 valence electrons. The van der Waals surface area contributed by atoms with Gasteiger partial charge in [-0.3, -0.25) is 0 Å². The van der Waals surface area contributed by atoms with Gasteiger partial charge in [-0.15, -0.1) is 0 Å². The molecule has 2 fully saturated rings. The van der Waals surface area contributed by atoms with Crippen LogP contribution in [0.2, 0.25) is 0 Å². The van der Waals surface area contributed by atoms with Gasteiger partial charge in [0.15, 0.2) is 5.79 Å². The highest BCUT2D eigenvalue weighted by Crippen LogP contribution is 2.38. The highest BCUT2D eigenvalue weighted by molar-refractivity contribution is 5.67. The van der Waals surface area contributed by atoms with Crippen LogP contribution in [-0.2, 0) is 20.8 Å². The molecule has 22 heavy (non-hydrogen) atoms. The van der Waals surface area contributed by atoms with Crippen molar-refractivity contribution in [2.45, 2.75) is 44.6 Å². The van der Waals surface area contributed by atoms with E-state index in [-0.39, 0.29) is 12.1 Å². The number of hydrogen-bond donors (Lipinski definition) is 1. The molecular weight excluding hydrogens is 282 g/mol. The van der Waals surface area contributed by atoms with E-state index in [0.717, 1.165) is 24.8 Å². The summed E-state index contributed by atoms with van der Waals surface area (Å²) in [4.78, 5) is 11.9. The van der Waals surface area contributed by atoms with Gasteiger partial charge >= 0.3 is 6.09 Å². The minimum atomic E-state index is -0.411. The first-order valence-electron chi connectivity index (χ1n) is 7.92. The predicted molar refractivity (Wildman–Crippen MR) is 81.2 cm³/mol. The van der Waals surface area contributed by atoms with Crippen LogP contribution in [0.5, 0.6) is 0 Å². The van der Waals surface area contributed by atoms with Crippen LogP contribution in [0.15, 0.2) is 30.3 Å². The number of rotatable bonds is 3. The number of nitrogens with one attached hydrogen (secondary N) is 1. The summed E-state index contributed by atoms with van der Waals surface area (Å²) in [6, 6.07) is 9.80. The standard InChI is InChI=1S/C17H23NO4/c1-13-11-17(21-9-10-22-17)8-7-15(13)18-16(19)20-12-14-5-3-2-4-6-14/h2-6,13,15H,7-12H2,1H3,(H,18,19). The van der Waals surface area contributed by atoms with E-state index in [1.54, 1.807) is 0 Å². The first-order valence-corrected chi connectivity index (χ1v) is 7.92. The fourth-order valence-corrected chi connectivity index (χ4v) is 3.28. The van der Waals surface area contributed by atoms with Crippen molar-refractivity contribution < 1.29 is 19.0 Å². The van der Waals surface area contributed by atoms with Gasteiger partial charge in [0, 0.05) is 18.9 Å². The highest BCUT2D eigenvalue weighted by atomic mass is 16.7. The Morgan fingerprint density at radius 1 is 1.32 bits per heavy atom. The maximum Gasteiger partial charge on any atom is 0.407 e. The third kappa shape index (κ3) is 3.59. The Morgan fingerprint density at radius 3 is 2.73 bits per heavy atom. The van der Waals surface area contributed by atoms with Crippen LogP contribution in [0.4, 0.5) is 4.79 Å². The van der Waals surface area contributed by atoms with Crippen LogP contribution < -0.4 is 5.32 Å². The summed E-state index contributed by atoms with van der Waals surface area (Å²) in [6.45, 7) is 3.76. The third-order valence-corrected chi connectivity index (χ3v) is 4.49. The van der Waals surface area contributed by atoms with Gasteiger partial charge in [0.1, 0.15) is 6.61 Å². The summed E-state index contributed by atoms with van der Waals surface area (Å²) in [5.41, 5.74) is 0.987. The van der Waals surface area contributed by atoms with Gasteiger partial charge in [-0.2, -0.15) is 0 Å². The number of alkyl carbamates (subject to hydrolysis) is 1. The monoisotopic (exact) mass is 305 g/mol. The second-order valence-electron chi connectivity index (χ2n) is 6.14. The molecular formula is C17H23NO4. The third-order valence-electron chi connectivity index (χ3n) is 4.49. The first-order chi connectivity index (χ1) is 10.7. The average Bonchev–Trinajstić information content (AvgIpc) is 2.97. The average molecular weight is 305 g/mol. The lowest BCUT2D eigenvalue weighted by Crippen LogP contribution is -2.48. The molecule has 0 bridgehead atoms. The zero-order valence-electron chi connectivity index (χ0n) is 12.9. The molecule has 1 heterocycles. The van der Waals surface area contributed by atoms with Gasteiger partial charge in [0.25, 0.3) is 0 Å². The number of amides is 1. The molecule has 1 aromatic rings. The molecule has 0 aromatic heterocycles. The Hall–Kier alpha value is -1.59. The molecule has 0 radical (unpaired) electrons. The first kappa shape index (κ1) is 15.3. The molecule has 1 N–H and O–H groups in total. The molecule has 1 aliphatic carbocycles. The summed E-state index contributed by atoms with van der Waals surface area (Å²) >= 11 is 0. The predicted octanol–water partition coefficient (Wildman–Crippen LogP) is 2.84. The van der Waals surface area contributed by atoms with Crippen molar-refractivity contribution >= 4 is 6.09 Å². The summed E-state index contributed by atoms with van der Waals surface area (Å²) in [6.07, 6.45) is 2.13. The van der Waals surface area contributed by atoms with Crippen LogP contribution in [0, 0.1) is 5.92 Å². The SMILES string of the molecule is CC1CC2(CCC1NC(=O)OCc1ccccc1)OCCO2. The number of carbonyl (C=O) groups excluding carboxylic acids is 1. The van der Waals surface area contributed by atoms with E-state index >= 15 is 0 Å². The Bertz CT molecular complexity index is 499. The smallest absolute Gasteiger partial charge is 0.407 e. The molecule has 1 amide bonds. The van der Waals surface area contributed by atoms with E-state index in [9.17, 15) is 4.79 Å². The van der Waals surface area contributed by atoms with Crippen LogP contribution in [0.1, 0.15) is 31.7 Å². The van der Waals surface area contributed by atoms with Gasteiger partial charge in [-0.25, -0.2) is 4.79 Å². The van der Waals surface area contributed by atoms with Crippen LogP contribution in [0.3, 0.4) is 0 Å². The number of carbonyl (C=O) groups is 1. The second-order valence-corrected chi connectivity index (χ2v) is 6.14.